The first-order chi connectivity index (χ1) is 6.38. The fraction of sp³-hybridized carbons (Fsp3) is 0.667. The van der Waals surface area contributed by atoms with Crippen molar-refractivity contribution in [1.82, 2.24) is 5.32 Å². The highest BCUT2D eigenvalue weighted by molar-refractivity contribution is 5.31. The van der Waals surface area contributed by atoms with Gasteiger partial charge in [-0.1, -0.05) is 26.7 Å². The number of unbranched alkanes of at least 4 members (excludes halogenated alkanes) is 2. The molecule has 1 heteroatoms. The standard InChI is InChI=1S/C12H20N/c1-3-5-7-11-9-10-13-12(11)8-6-4-2/h9-10H,3-8H2,1-2H3. The molecule has 1 radical (unpaired) electrons. The van der Waals surface area contributed by atoms with Crippen molar-refractivity contribution in [3.05, 3.63) is 23.5 Å². The summed E-state index contributed by atoms with van der Waals surface area (Å²) in [6.07, 6.45) is 11.6. The van der Waals surface area contributed by atoms with E-state index in [1.807, 2.05) is 6.20 Å². The molecule has 1 heterocycles. The molecule has 1 aliphatic rings. The molecule has 0 unspecified atom stereocenters. The maximum Gasteiger partial charge on any atom is 0.0436 e. The molecule has 0 aromatic heterocycles. The molecule has 0 fully saturated rings. The van der Waals surface area contributed by atoms with Gasteiger partial charge in [-0.3, -0.25) is 5.32 Å². The van der Waals surface area contributed by atoms with Crippen molar-refractivity contribution >= 4 is 0 Å². The molecule has 0 amide bonds. The maximum absolute atomic E-state index is 4.41. The lowest BCUT2D eigenvalue weighted by Gasteiger charge is -2.04. The number of nitrogens with zero attached hydrogens (tertiary/aromatic N) is 1. The molecule has 13 heavy (non-hydrogen) atoms. The largest absolute Gasteiger partial charge is 0.261 e. The van der Waals surface area contributed by atoms with Gasteiger partial charge in [0, 0.05) is 11.9 Å². The molecule has 0 aromatic rings. The molecular formula is C12H20N. The summed E-state index contributed by atoms with van der Waals surface area (Å²) < 4.78 is 0. The number of rotatable bonds is 6. The predicted molar refractivity (Wildman–Crippen MR) is 57.4 cm³/mol. The highest BCUT2D eigenvalue weighted by atomic mass is 14.9. The molecule has 0 aromatic carbocycles. The van der Waals surface area contributed by atoms with Gasteiger partial charge < -0.3 is 0 Å². The summed E-state index contributed by atoms with van der Waals surface area (Å²) >= 11 is 0. The van der Waals surface area contributed by atoms with Crippen LogP contribution in [0.5, 0.6) is 0 Å². The normalized spacial score (nSPS) is 15.2. The van der Waals surface area contributed by atoms with Gasteiger partial charge in [0.15, 0.2) is 0 Å². The third-order valence-electron chi connectivity index (χ3n) is 2.44. The summed E-state index contributed by atoms with van der Waals surface area (Å²) in [5.41, 5.74) is 2.82. The Bertz CT molecular complexity index is 201. The first kappa shape index (κ1) is 10.4. The van der Waals surface area contributed by atoms with Crippen molar-refractivity contribution < 1.29 is 0 Å². The molecule has 0 saturated carbocycles. The van der Waals surface area contributed by atoms with Crippen LogP contribution in [0.25, 0.3) is 0 Å². The second-order valence-electron chi connectivity index (χ2n) is 3.62. The van der Waals surface area contributed by atoms with Gasteiger partial charge in [0.2, 0.25) is 0 Å². The SMILES string of the molecule is CCCCC1=C(CCCC)[N]C=C1. The average molecular weight is 178 g/mol. The lowest BCUT2D eigenvalue weighted by Crippen LogP contribution is -1.95. The van der Waals surface area contributed by atoms with Crippen molar-refractivity contribution in [2.24, 2.45) is 0 Å². The fourth-order valence-corrected chi connectivity index (χ4v) is 1.56. The average Bonchev–Trinajstić information content (AvgIpc) is 2.59. The summed E-state index contributed by atoms with van der Waals surface area (Å²) in [7, 11) is 0. The van der Waals surface area contributed by atoms with Gasteiger partial charge in [-0.2, -0.15) is 0 Å². The van der Waals surface area contributed by atoms with Crippen molar-refractivity contribution in [3.8, 4) is 0 Å². The molecule has 0 bridgehead atoms. The van der Waals surface area contributed by atoms with Crippen LogP contribution in [0.15, 0.2) is 23.5 Å². The van der Waals surface area contributed by atoms with E-state index in [1.165, 1.54) is 49.8 Å². The Balaban J connectivity index is 2.39. The lowest BCUT2D eigenvalue weighted by molar-refractivity contribution is 0.734. The molecule has 0 spiro atoms. The Kier molecular flexibility index (Phi) is 4.66. The van der Waals surface area contributed by atoms with E-state index in [2.05, 4.69) is 25.2 Å². The zero-order chi connectivity index (χ0) is 9.52. The van der Waals surface area contributed by atoms with Crippen LogP contribution in [0.4, 0.5) is 0 Å². The van der Waals surface area contributed by atoms with Crippen LogP contribution in [0.2, 0.25) is 0 Å². The van der Waals surface area contributed by atoms with E-state index in [-0.39, 0.29) is 0 Å². The minimum absolute atomic E-state index is 1.17. The van der Waals surface area contributed by atoms with Crippen LogP contribution in [-0.4, -0.2) is 0 Å². The fourth-order valence-electron chi connectivity index (χ4n) is 1.56. The van der Waals surface area contributed by atoms with Crippen LogP contribution in [-0.2, 0) is 0 Å². The van der Waals surface area contributed by atoms with Crippen LogP contribution >= 0.6 is 0 Å². The third-order valence-corrected chi connectivity index (χ3v) is 2.44. The highest BCUT2D eigenvalue weighted by Crippen LogP contribution is 2.21. The number of allylic oxidation sites excluding steroid dienone is 3. The molecule has 73 valence electrons. The second-order valence-corrected chi connectivity index (χ2v) is 3.62. The van der Waals surface area contributed by atoms with E-state index in [1.54, 1.807) is 0 Å². The third kappa shape index (κ3) is 3.25. The molecule has 0 saturated heterocycles. The molecule has 1 nitrogen and oxygen atoms in total. The highest BCUT2D eigenvalue weighted by Gasteiger charge is 2.08. The topological polar surface area (TPSA) is 14.1 Å². The number of hydrogen-bond acceptors (Lipinski definition) is 0. The summed E-state index contributed by atoms with van der Waals surface area (Å²) in [6, 6.07) is 0. The quantitative estimate of drug-likeness (QED) is 0.588. The Morgan fingerprint density at radius 1 is 1.08 bits per heavy atom. The van der Waals surface area contributed by atoms with E-state index >= 15 is 0 Å². The Morgan fingerprint density at radius 3 is 2.46 bits per heavy atom. The van der Waals surface area contributed by atoms with Crippen molar-refractivity contribution in [1.29, 1.82) is 0 Å². The first-order valence-electron chi connectivity index (χ1n) is 5.48. The smallest absolute Gasteiger partial charge is 0.0436 e. The van der Waals surface area contributed by atoms with Crippen molar-refractivity contribution in [3.63, 3.8) is 0 Å². The molecule has 0 aliphatic carbocycles. The predicted octanol–water partition coefficient (Wildman–Crippen LogP) is 3.75. The Morgan fingerprint density at radius 2 is 1.77 bits per heavy atom. The van der Waals surface area contributed by atoms with E-state index in [9.17, 15) is 0 Å². The van der Waals surface area contributed by atoms with Gasteiger partial charge in [-0.05, 0) is 37.3 Å². The summed E-state index contributed by atoms with van der Waals surface area (Å²) in [5, 5.41) is 4.41. The second kappa shape index (κ2) is 5.85. The van der Waals surface area contributed by atoms with Gasteiger partial charge in [0.1, 0.15) is 0 Å². The van der Waals surface area contributed by atoms with Crippen LogP contribution in [0.1, 0.15) is 52.4 Å². The molecular weight excluding hydrogens is 158 g/mol. The summed E-state index contributed by atoms with van der Waals surface area (Å²) in [4.78, 5) is 0. The van der Waals surface area contributed by atoms with Crippen LogP contribution in [0, 0.1) is 0 Å². The van der Waals surface area contributed by atoms with Gasteiger partial charge >= 0.3 is 0 Å². The van der Waals surface area contributed by atoms with Gasteiger partial charge in [0.25, 0.3) is 0 Å². The minimum Gasteiger partial charge on any atom is -0.261 e. The van der Waals surface area contributed by atoms with E-state index in [0.717, 1.165) is 0 Å². The van der Waals surface area contributed by atoms with Crippen molar-refractivity contribution in [2.45, 2.75) is 52.4 Å². The molecule has 0 atom stereocenters. The number of hydrogen-bond donors (Lipinski definition) is 0. The minimum atomic E-state index is 1.17. The summed E-state index contributed by atoms with van der Waals surface area (Å²) in [6.45, 7) is 4.47. The lowest BCUT2D eigenvalue weighted by atomic mass is 10.1. The maximum atomic E-state index is 4.41. The Hall–Kier alpha value is -0.720. The van der Waals surface area contributed by atoms with Crippen LogP contribution < -0.4 is 5.32 Å². The van der Waals surface area contributed by atoms with E-state index < -0.39 is 0 Å². The van der Waals surface area contributed by atoms with Crippen LogP contribution in [0.3, 0.4) is 0 Å². The Labute approximate surface area is 81.9 Å². The van der Waals surface area contributed by atoms with Gasteiger partial charge in [-0.15, -0.1) is 0 Å². The first-order valence-corrected chi connectivity index (χ1v) is 5.48. The zero-order valence-electron chi connectivity index (χ0n) is 8.84. The monoisotopic (exact) mass is 178 g/mol. The summed E-state index contributed by atoms with van der Waals surface area (Å²) in [5.74, 6) is 0. The van der Waals surface area contributed by atoms with E-state index in [0.29, 0.717) is 0 Å². The molecule has 0 N–H and O–H groups in total. The molecule has 1 aliphatic heterocycles. The van der Waals surface area contributed by atoms with E-state index in [4.69, 9.17) is 0 Å². The molecule has 1 rings (SSSR count). The van der Waals surface area contributed by atoms with Gasteiger partial charge in [0.05, 0.1) is 0 Å². The zero-order valence-corrected chi connectivity index (χ0v) is 8.84. The van der Waals surface area contributed by atoms with Gasteiger partial charge in [-0.25, -0.2) is 0 Å². The van der Waals surface area contributed by atoms with Crippen molar-refractivity contribution in [2.75, 3.05) is 0 Å².